The molecule has 38 heavy (non-hydrogen) atoms. The van der Waals surface area contributed by atoms with Crippen LogP contribution in [0.2, 0.25) is 0 Å². The molecule has 0 saturated carbocycles. The molecule has 1 N–H and O–H groups in total. The smallest absolute Gasteiger partial charge is 0.306 e. The monoisotopic (exact) mass is 532 g/mol. The molecule has 0 radical (unpaired) electrons. The van der Waals surface area contributed by atoms with Gasteiger partial charge in [-0.25, -0.2) is 0 Å². The zero-order valence-electron chi connectivity index (χ0n) is 25.7. The molecule has 0 aliphatic heterocycles. The molecule has 3 nitrogen and oxygen atoms in total. The van der Waals surface area contributed by atoms with Gasteiger partial charge in [0.2, 0.25) is 0 Å². The van der Waals surface area contributed by atoms with Crippen LogP contribution in [0.5, 0.6) is 0 Å². The second kappa shape index (κ2) is 33.7. The van der Waals surface area contributed by atoms with Crippen LogP contribution in [0.15, 0.2) is 36.5 Å². The lowest BCUT2D eigenvalue weighted by atomic mass is 10.1. The van der Waals surface area contributed by atoms with Gasteiger partial charge in [-0.2, -0.15) is 0 Å². The first kappa shape index (κ1) is 36.6. The summed E-state index contributed by atoms with van der Waals surface area (Å²) in [5.41, 5.74) is 0. The SMILES string of the molecule is CCCCC/C=C\C/C=C\CCCCCCCCNCCCCCC(=O)OC/C=C\CCCCCCCC. The van der Waals surface area contributed by atoms with Gasteiger partial charge in [0.05, 0.1) is 0 Å². The Morgan fingerprint density at radius 2 is 0.974 bits per heavy atom. The van der Waals surface area contributed by atoms with Gasteiger partial charge in [0.1, 0.15) is 6.61 Å². The maximum absolute atomic E-state index is 11.8. The number of carbonyl (C=O) groups is 1. The number of hydrogen-bond acceptors (Lipinski definition) is 3. The van der Waals surface area contributed by atoms with E-state index in [4.69, 9.17) is 4.74 Å². The Kier molecular flexibility index (Phi) is 32.5. The van der Waals surface area contributed by atoms with Gasteiger partial charge in [0.15, 0.2) is 0 Å². The van der Waals surface area contributed by atoms with E-state index in [9.17, 15) is 4.79 Å². The molecule has 0 aliphatic rings. The van der Waals surface area contributed by atoms with Gasteiger partial charge in [-0.05, 0) is 77.3 Å². The van der Waals surface area contributed by atoms with Crippen molar-refractivity contribution in [3.63, 3.8) is 0 Å². The number of carbonyl (C=O) groups excluding carboxylic acids is 1. The van der Waals surface area contributed by atoms with E-state index in [0.717, 1.165) is 45.2 Å². The van der Waals surface area contributed by atoms with E-state index in [1.165, 1.54) is 109 Å². The normalized spacial score (nSPS) is 11.9. The van der Waals surface area contributed by atoms with E-state index in [0.29, 0.717) is 13.0 Å². The van der Waals surface area contributed by atoms with E-state index >= 15 is 0 Å². The first-order chi connectivity index (χ1) is 18.8. The first-order valence-electron chi connectivity index (χ1n) is 16.6. The predicted molar refractivity (Wildman–Crippen MR) is 169 cm³/mol. The van der Waals surface area contributed by atoms with Gasteiger partial charge >= 0.3 is 5.97 Å². The minimum atomic E-state index is -0.0523. The third-order valence-corrected chi connectivity index (χ3v) is 7.02. The van der Waals surface area contributed by atoms with E-state index in [1.807, 2.05) is 6.08 Å². The van der Waals surface area contributed by atoms with E-state index in [-0.39, 0.29) is 5.97 Å². The summed E-state index contributed by atoms with van der Waals surface area (Å²) in [5, 5.41) is 3.56. The Hall–Kier alpha value is -1.35. The number of unbranched alkanes of at least 4 members (excludes halogenated alkanes) is 17. The van der Waals surface area contributed by atoms with Crippen LogP contribution < -0.4 is 5.32 Å². The van der Waals surface area contributed by atoms with Crippen molar-refractivity contribution in [1.82, 2.24) is 5.32 Å². The molecule has 0 bridgehead atoms. The molecule has 0 aromatic heterocycles. The Labute approximate surface area is 238 Å². The largest absolute Gasteiger partial charge is 0.461 e. The number of esters is 1. The van der Waals surface area contributed by atoms with Crippen molar-refractivity contribution in [3.8, 4) is 0 Å². The third-order valence-electron chi connectivity index (χ3n) is 7.02. The molecule has 0 aromatic rings. The molecule has 0 saturated heterocycles. The van der Waals surface area contributed by atoms with Crippen molar-refractivity contribution in [1.29, 1.82) is 0 Å². The average Bonchev–Trinajstić information content (AvgIpc) is 2.92. The predicted octanol–water partition coefficient (Wildman–Crippen LogP) is 10.8. The lowest BCUT2D eigenvalue weighted by molar-refractivity contribution is -0.142. The summed E-state index contributed by atoms with van der Waals surface area (Å²) in [5.74, 6) is -0.0523. The second-order valence-corrected chi connectivity index (χ2v) is 10.9. The fourth-order valence-electron chi connectivity index (χ4n) is 4.50. The first-order valence-corrected chi connectivity index (χ1v) is 16.6. The van der Waals surface area contributed by atoms with Crippen LogP contribution in [0, 0.1) is 0 Å². The maximum Gasteiger partial charge on any atom is 0.306 e. The highest BCUT2D eigenvalue weighted by atomic mass is 16.5. The highest BCUT2D eigenvalue weighted by Crippen LogP contribution is 2.09. The average molecular weight is 532 g/mol. The van der Waals surface area contributed by atoms with Crippen molar-refractivity contribution in [3.05, 3.63) is 36.5 Å². The number of rotatable bonds is 30. The standard InChI is InChI=1S/C35H65NO2/c1-3-5-7-9-11-13-14-15-16-17-18-19-20-22-24-28-32-36-33-29-26-27-31-35(37)38-34-30-25-23-21-12-10-8-6-4-2/h11,13,15-16,25,30,36H,3-10,12,14,17-24,26-29,31-34H2,1-2H3/b13-11-,16-15-,30-25-. The van der Waals surface area contributed by atoms with Crippen LogP contribution in [0.4, 0.5) is 0 Å². The zero-order valence-corrected chi connectivity index (χ0v) is 25.7. The van der Waals surface area contributed by atoms with Gasteiger partial charge in [-0.15, -0.1) is 0 Å². The Bertz CT molecular complexity index is 552. The Balaban J connectivity index is 3.24. The summed E-state index contributed by atoms with van der Waals surface area (Å²) >= 11 is 0. The summed E-state index contributed by atoms with van der Waals surface area (Å²) in [6.45, 7) is 7.14. The number of hydrogen-bond donors (Lipinski definition) is 1. The van der Waals surface area contributed by atoms with Crippen LogP contribution in [-0.4, -0.2) is 25.7 Å². The molecule has 0 unspecified atom stereocenters. The minimum absolute atomic E-state index is 0.0523. The zero-order chi connectivity index (χ0) is 27.6. The van der Waals surface area contributed by atoms with E-state index in [2.05, 4.69) is 49.5 Å². The summed E-state index contributed by atoms with van der Waals surface area (Å²) in [7, 11) is 0. The molecule has 3 heteroatoms. The lowest BCUT2D eigenvalue weighted by Crippen LogP contribution is -2.16. The molecule has 0 spiro atoms. The van der Waals surface area contributed by atoms with Crippen LogP contribution in [0.25, 0.3) is 0 Å². The molecule has 0 aliphatic carbocycles. The Morgan fingerprint density at radius 3 is 1.58 bits per heavy atom. The van der Waals surface area contributed by atoms with Crippen LogP contribution in [0.1, 0.15) is 162 Å². The molecule has 0 atom stereocenters. The van der Waals surface area contributed by atoms with Gasteiger partial charge in [-0.1, -0.05) is 127 Å². The molecule has 222 valence electrons. The van der Waals surface area contributed by atoms with Crippen molar-refractivity contribution in [2.75, 3.05) is 19.7 Å². The quantitative estimate of drug-likeness (QED) is 0.0569. The van der Waals surface area contributed by atoms with E-state index < -0.39 is 0 Å². The molecule has 0 rings (SSSR count). The molecular formula is C35H65NO2. The summed E-state index contributed by atoms with van der Waals surface area (Å²) < 4.78 is 5.30. The molecule has 0 fully saturated rings. The molecule has 0 amide bonds. The topological polar surface area (TPSA) is 38.3 Å². The minimum Gasteiger partial charge on any atom is -0.461 e. The van der Waals surface area contributed by atoms with Crippen molar-refractivity contribution in [2.24, 2.45) is 0 Å². The highest BCUT2D eigenvalue weighted by Gasteiger charge is 2.01. The maximum atomic E-state index is 11.8. The Morgan fingerprint density at radius 1 is 0.526 bits per heavy atom. The summed E-state index contributed by atoms with van der Waals surface area (Å²) in [6.07, 6.45) is 41.9. The molecular weight excluding hydrogens is 466 g/mol. The van der Waals surface area contributed by atoms with Crippen molar-refractivity contribution < 1.29 is 9.53 Å². The summed E-state index contributed by atoms with van der Waals surface area (Å²) in [4.78, 5) is 11.8. The van der Waals surface area contributed by atoms with Crippen LogP contribution in [-0.2, 0) is 9.53 Å². The van der Waals surface area contributed by atoms with Gasteiger partial charge in [0, 0.05) is 6.42 Å². The number of ether oxygens (including phenoxy) is 1. The van der Waals surface area contributed by atoms with Crippen LogP contribution in [0.3, 0.4) is 0 Å². The fraction of sp³-hybridized carbons (Fsp3) is 0.800. The lowest BCUT2D eigenvalue weighted by Gasteiger charge is -2.05. The highest BCUT2D eigenvalue weighted by molar-refractivity contribution is 5.69. The van der Waals surface area contributed by atoms with Gasteiger partial charge < -0.3 is 10.1 Å². The van der Waals surface area contributed by atoms with E-state index in [1.54, 1.807) is 0 Å². The number of allylic oxidation sites excluding steroid dienone is 5. The van der Waals surface area contributed by atoms with Crippen LogP contribution >= 0.6 is 0 Å². The molecule has 0 aromatic carbocycles. The molecule has 0 heterocycles. The second-order valence-electron chi connectivity index (χ2n) is 10.9. The number of nitrogens with one attached hydrogen (secondary N) is 1. The fourth-order valence-corrected chi connectivity index (χ4v) is 4.50. The van der Waals surface area contributed by atoms with Gasteiger partial charge in [0.25, 0.3) is 0 Å². The van der Waals surface area contributed by atoms with Gasteiger partial charge in [-0.3, -0.25) is 4.79 Å². The van der Waals surface area contributed by atoms with Crippen molar-refractivity contribution in [2.45, 2.75) is 162 Å². The third kappa shape index (κ3) is 32.7. The summed E-state index contributed by atoms with van der Waals surface area (Å²) in [6, 6.07) is 0. The van der Waals surface area contributed by atoms with Crippen molar-refractivity contribution >= 4 is 5.97 Å².